The molecule has 0 aliphatic heterocycles. The second kappa shape index (κ2) is 6.58. The first-order chi connectivity index (χ1) is 11.1. The summed E-state index contributed by atoms with van der Waals surface area (Å²) in [7, 11) is 0. The second-order valence-corrected chi connectivity index (χ2v) is 6.05. The third kappa shape index (κ3) is 3.54. The number of carbonyl (C=O) groups is 1. The van der Waals surface area contributed by atoms with E-state index in [4.69, 9.17) is 0 Å². The Labute approximate surface area is 138 Å². The molecule has 0 radical (unpaired) electrons. The van der Waals surface area contributed by atoms with E-state index in [0.717, 1.165) is 17.1 Å². The maximum Gasteiger partial charge on any atom is 0.267 e. The lowest BCUT2D eigenvalue weighted by atomic mass is 10.3. The Morgan fingerprint density at radius 1 is 1.09 bits per heavy atom. The minimum absolute atomic E-state index is 0.156. The first-order valence-electron chi connectivity index (χ1n) is 7.16. The fraction of sp³-hybridized carbons (Fsp3) is 0.118. The first kappa shape index (κ1) is 15.2. The van der Waals surface area contributed by atoms with Gasteiger partial charge in [0, 0.05) is 11.9 Å². The van der Waals surface area contributed by atoms with Crippen LogP contribution in [0, 0.1) is 13.8 Å². The van der Waals surface area contributed by atoms with Crippen LogP contribution >= 0.6 is 11.3 Å². The van der Waals surface area contributed by atoms with Gasteiger partial charge < -0.3 is 10.6 Å². The molecule has 0 unspecified atom stereocenters. The molecular weight excluding hydrogens is 308 g/mol. The molecule has 0 saturated carbocycles. The predicted octanol–water partition coefficient (Wildman–Crippen LogP) is 4.15. The summed E-state index contributed by atoms with van der Waals surface area (Å²) in [5.74, 6) is 0.591. The summed E-state index contributed by atoms with van der Waals surface area (Å²) in [5, 5.41) is 6.70. The van der Waals surface area contributed by atoms with E-state index in [-0.39, 0.29) is 5.91 Å². The zero-order valence-electron chi connectivity index (χ0n) is 12.8. The van der Waals surface area contributed by atoms with Crippen molar-refractivity contribution in [1.82, 2.24) is 9.97 Å². The number of hydrogen-bond donors (Lipinski definition) is 2. The largest absolute Gasteiger partial charge is 0.321 e. The fourth-order valence-electron chi connectivity index (χ4n) is 2.09. The summed E-state index contributed by atoms with van der Waals surface area (Å²) in [6.45, 7) is 3.80. The van der Waals surface area contributed by atoms with Gasteiger partial charge in [0.25, 0.3) is 5.91 Å². The van der Waals surface area contributed by atoms with Gasteiger partial charge >= 0.3 is 0 Å². The van der Waals surface area contributed by atoms with Crippen molar-refractivity contribution in [2.75, 3.05) is 10.6 Å². The van der Waals surface area contributed by atoms with Crippen LogP contribution in [0.4, 0.5) is 16.6 Å². The molecule has 2 aromatic heterocycles. The second-order valence-electron chi connectivity index (χ2n) is 5.05. The van der Waals surface area contributed by atoms with Gasteiger partial charge in [-0.05, 0) is 37.6 Å². The third-order valence-corrected chi connectivity index (χ3v) is 4.34. The smallest absolute Gasteiger partial charge is 0.267 e. The zero-order valence-corrected chi connectivity index (χ0v) is 13.6. The maximum atomic E-state index is 12.4. The summed E-state index contributed by atoms with van der Waals surface area (Å²) in [5.41, 5.74) is 2.48. The number of para-hydroxylation sites is 1. The van der Waals surface area contributed by atoms with Crippen LogP contribution in [0.3, 0.4) is 0 Å². The Morgan fingerprint density at radius 2 is 1.87 bits per heavy atom. The van der Waals surface area contributed by atoms with E-state index in [1.165, 1.54) is 11.3 Å². The average Bonchev–Trinajstić information content (AvgIpc) is 2.91. The van der Waals surface area contributed by atoms with Crippen molar-refractivity contribution in [3.05, 3.63) is 64.8 Å². The SMILES string of the molecule is Cc1cccnc1Nc1nc(C)c(C(=O)Nc2ccccc2)s1. The summed E-state index contributed by atoms with van der Waals surface area (Å²) >= 11 is 1.32. The Morgan fingerprint density at radius 3 is 2.61 bits per heavy atom. The topological polar surface area (TPSA) is 66.9 Å². The van der Waals surface area contributed by atoms with Gasteiger partial charge in [0.05, 0.1) is 5.69 Å². The van der Waals surface area contributed by atoms with Gasteiger partial charge in [0.1, 0.15) is 10.7 Å². The monoisotopic (exact) mass is 324 g/mol. The molecule has 2 N–H and O–H groups in total. The van der Waals surface area contributed by atoms with E-state index in [1.807, 2.05) is 56.3 Å². The molecule has 1 aromatic carbocycles. The number of amides is 1. The molecule has 0 saturated heterocycles. The van der Waals surface area contributed by atoms with Crippen LogP contribution in [0.1, 0.15) is 20.9 Å². The average molecular weight is 324 g/mol. The molecule has 1 amide bonds. The molecule has 5 nitrogen and oxygen atoms in total. The van der Waals surface area contributed by atoms with Gasteiger partial charge in [-0.3, -0.25) is 4.79 Å². The highest BCUT2D eigenvalue weighted by molar-refractivity contribution is 7.17. The molecule has 0 aliphatic rings. The Balaban J connectivity index is 1.78. The zero-order chi connectivity index (χ0) is 16.2. The summed E-state index contributed by atoms with van der Waals surface area (Å²) in [6, 6.07) is 13.2. The summed E-state index contributed by atoms with van der Waals surface area (Å²) in [4.78, 5) is 21.7. The lowest BCUT2D eigenvalue weighted by Gasteiger charge is -2.04. The lowest BCUT2D eigenvalue weighted by Crippen LogP contribution is -2.11. The number of thiazole rings is 1. The molecule has 0 spiro atoms. The van der Waals surface area contributed by atoms with Crippen molar-refractivity contribution in [3.8, 4) is 0 Å². The molecule has 0 atom stereocenters. The van der Waals surface area contributed by atoms with E-state index in [0.29, 0.717) is 15.7 Å². The minimum Gasteiger partial charge on any atom is -0.321 e. The van der Waals surface area contributed by atoms with E-state index in [2.05, 4.69) is 20.6 Å². The van der Waals surface area contributed by atoms with Crippen LogP contribution in [0.15, 0.2) is 48.7 Å². The van der Waals surface area contributed by atoms with Crippen molar-refractivity contribution in [1.29, 1.82) is 0 Å². The standard InChI is InChI=1S/C17H16N4OS/c1-11-7-6-10-18-15(11)21-17-19-12(2)14(23-17)16(22)20-13-8-4-3-5-9-13/h3-10H,1-2H3,(H,20,22)(H,18,19,21). The number of anilines is 3. The van der Waals surface area contributed by atoms with Crippen LogP contribution in [0.2, 0.25) is 0 Å². The van der Waals surface area contributed by atoms with Crippen LogP contribution in [0.5, 0.6) is 0 Å². The van der Waals surface area contributed by atoms with Gasteiger partial charge in [-0.2, -0.15) is 0 Å². The molecule has 0 fully saturated rings. The number of hydrogen-bond acceptors (Lipinski definition) is 5. The molecular formula is C17H16N4OS. The maximum absolute atomic E-state index is 12.4. The summed E-state index contributed by atoms with van der Waals surface area (Å²) in [6.07, 6.45) is 1.72. The van der Waals surface area contributed by atoms with Crippen LogP contribution in [-0.4, -0.2) is 15.9 Å². The molecule has 3 rings (SSSR count). The predicted molar refractivity (Wildman–Crippen MR) is 93.5 cm³/mol. The highest BCUT2D eigenvalue weighted by Gasteiger charge is 2.16. The third-order valence-electron chi connectivity index (χ3n) is 3.27. The number of benzene rings is 1. The number of carbonyl (C=O) groups excluding carboxylic acids is 1. The first-order valence-corrected chi connectivity index (χ1v) is 7.97. The normalized spacial score (nSPS) is 10.3. The quantitative estimate of drug-likeness (QED) is 0.756. The van der Waals surface area contributed by atoms with Gasteiger partial charge in [-0.25, -0.2) is 9.97 Å². The van der Waals surface area contributed by atoms with E-state index >= 15 is 0 Å². The number of aryl methyl sites for hydroxylation is 2. The molecule has 23 heavy (non-hydrogen) atoms. The van der Waals surface area contributed by atoms with Crippen molar-refractivity contribution < 1.29 is 4.79 Å². The van der Waals surface area contributed by atoms with E-state index < -0.39 is 0 Å². The van der Waals surface area contributed by atoms with Gasteiger partial charge in [0.2, 0.25) is 0 Å². The Hall–Kier alpha value is -2.73. The van der Waals surface area contributed by atoms with Crippen molar-refractivity contribution in [3.63, 3.8) is 0 Å². The van der Waals surface area contributed by atoms with Gasteiger partial charge in [-0.15, -0.1) is 0 Å². The molecule has 3 aromatic rings. The van der Waals surface area contributed by atoms with Crippen LogP contribution < -0.4 is 10.6 Å². The molecule has 0 aliphatic carbocycles. The van der Waals surface area contributed by atoms with E-state index in [9.17, 15) is 4.79 Å². The van der Waals surface area contributed by atoms with Gasteiger partial charge in [-0.1, -0.05) is 35.6 Å². The highest BCUT2D eigenvalue weighted by Crippen LogP contribution is 2.26. The number of nitrogens with zero attached hydrogens (tertiary/aromatic N) is 2. The van der Waals surface area contributed by atoms with E-state index in [1.54, 1.807) is 6.20 Å². The number of pyridine rings is 1. The number of rotatable bonds is 4. The van der Waals surface area contributed by atoms with Crippen molar-refractivity contribution in [2.24, 2.45) is 0 Å². The Kier molecular flexibility index (Phi) is 4.34. The Bertz CT molecular complexity index is 830. The van der Waals surface area contributed by atoms with Crippen molar-refractivity contribution >= 4 is 33.9 Å². The van der Waals surface area contributed by atoms with Gasteiger partial charge in [0.15, 0.2) is 5.13 Å². The minimum atomic E-state index is -0.156. The molecule has 116 valence electrons. The number of aromatic nitrogens is 2. The fourth-order valence-corrected chi connectivity index (χ4v) is 2.95. The number of nitrogens with one attached hydrogen (secondary N) is 2. The van der Waals surface area contributed by atoms with Crippen LogP contribution in [0.25, 0.3) is 0 Å². The molecule has 6 heteroatoms. The molecule has 2 heterocycles. The summed E-state index contributed by atoms with van der Waals surface area (Å²) < 4.78 is 0. The van der Waals surface area contributed by atoms with Crippen molar-refractivity contribution in [2.45, 2.75) is 13.8 Å². The highest BCUT2D eigenvalue weighted by atomic mass is 32.1. The molecule has 0 bridgehead atoms. The van der Waals surface area contributed by atoms with Crippen LogP contribution in [-0.2, 0) is 0 Å². The lowest BCUT2D eigenvalue weighted by molar-refractivity contribution is 0.103.